The first kappa shape index (κ1) is 64.8. The number of carbonyl (C=O) groups is 3. The van der Waals surface area contributed by atoms with Gasteiger partial charge in [0.1, 0.15) is 28.7 Å². The molecule has 1 saturated heterocycles. The minimum atomic E-state index is -4.22. The molecule has 9 rings (SSSR count). The zero-order chi connectivity index (χ0) is 63.4. The van der Waals surface area contributed by atoms with Gasteiger partial charge in [-0.15, -0.1) is 0 Å². The molecule has 4 aromatic heterocycles. The summed E-state index contributed by atoms with van der Waals surface area (Å²) in [5.41, 5.74) is 2.73. The molecule has 0 bridgehead atoms. The zero-order valence-electron chi connectivity index (χ0n) is 52.2. The Morgan fingerprint density at radius 1 is 0.764 bits per heavy atom. The number of piperazine rings is 1. The summed E-state index contributed by atoms with van der Waals surface area (Å²) in [6.45, 7) is 10.1. The number of amides is 2. The van der Waals surface area contributed by atoms with Crippen molar-refractivity contribution >= 4 is 72.8 Å². The Labute approximate surface area is 518 Å². The number of nitrogens with zero attached hydrogens (tertiary/aromatic N) is 9. The van der Waals surface area contributed by atoms with Gasteiger partial charge in [0.2, 0.25) is 17.8 Å². The molecule has 0 spiro atoms. The molecule has 2 aliphatic rings. The molecular weight excluding hydrogens is 1160 g/mol. The highest BCUT2D eigenvalue weighted by Gasteiger charge is 2.28. The number of likely N-dealkylation sites (N-methyl/N-ethyl adjacent to an activating group) is 1. The first-order chi connectivity index (χ1) is 42.9. The second-order valence-electron chi connectivity index (χ2n) is 22.8. The number of sulfonamides is 1. The van der Waals surface area contributed by atoms with E-state index in [4.69, 9.17) is 28.7 Å². The summed E-state index contributed by atoms with van der Waals surface area (Å²) in [6, 6.07) is 16.4. The van der Waals surface area contributed by atoms with Gasteiger partial charge in [-0.2, -0.15) is 4.98 Å². The van der Waals surface area contributed by atoms with Crippen molar-refractivity contribution in [2.45, 2.75) is 109 Å². The van der Waals surface area contributed by atoms with Gasteiger partial charge in [-0.1, -0.05) is 32.6 Å². The number of aryl methyl sites for hydroxylation is 3. The summed E-state index contributed by atoms with van der Waals surface area (Å²) in [7, 11) is 3.80. The number of hydrogen-bond donors (Lipinski definition) is 3. The average molecular weight is 1240 g/mol. The van der Waals surface area contributed by atoms with E-state index in [1.54, 1.807) is 68.3 Å². The lowest BCUT2D eigenvalue weighted by molar-refractivity contribution is -0.131. The Balaban J connectivity index is 0.666. The molecule has 24 nitrogen and oxygen atoms in total. The molecule has 25 heteroatoms. The average Bonchev–Trinajstić information content (AvgIpc) is 2.08. The van der Waals surface area contributed by atoms with Gasteiger partial charge < -0.3 is 44.1 Å². The number of nitrogens with one attached hydrogen (secondary N) is 3. The Bertz CT molecular complexity index is 3910. The smallest absolute Gasteiger partial charge is 0.328 e. The predicted molar refractivity (Wildman–Crippen MR) is 341 cm³/mol. The molecule has 1 aliphatic carbocycles. The van der Waals surface area contributed by atoms with E-state index in [0.717, 1.165) is 69.9 Å². The molecule has 476 valence electrons. The fourth-order valence-electron chi connectivity index (χ4n) is 11.5. The van der Waals surface area contributed by atoms with Gasteiger partial charge in [-0.25, -0.2) is 23.2 Å². The maximum absolute atomic E-state index is 13.9. The van der Waals surface area contributed by atoms with E-state index in [-0.39, 0.29) is 69.1 Å². The van der Waals surface area contributed by atoms with E-state index in [0.29, 0.717) is 128 Å². The molecule has 2 fully saturated rings. The fourth-order valence-corrected chi connectivity index (χ4v) is 12.6. The number of unbranched alkanes of at least 4 members (excludes halogenated alkanes) is 4. The van der Waals surface area contributed by atoms with E-state index >= 15 is 0 Å². The third kappa shape index (κ3) is 15.8. The highest BCUT2D eigenvalue weighted by molar-refractivity contribution is 7.92. The fraction of sp³-hybridized carbons (Fsp3) is 0.469. The molecule has 1 saturated carbocycles. The van der Waals surface area contributed by atoms with E-state index in [2.05, 4.69) is 30.2 Å². The number of carbonyl (C=O) groups excluding carboxylic acids is 3. The maximum atomic E-state index is 13.9. The van der Waals surface area contributed by atoms with Gasteiger partial charge >= 0.3 is 5.69 Å². The number of ketones is 1. The van der Waals surface area contributed by atoms with Crippen LogP contribution in [0.2, 0.25) is 0 Å². The number of imidazole rings is 1. The van der Waals surface area contributed by atoms with Crippen LogP contribution in [0.15, 0.2) is 87.5 Å². The maximum Gasteiger partial charge on any atom is 0.328 e. The number of aromatic nitrogens is 6. The van der Waals surface area contributed by atoms with Crippen LogP contribution >= 0.6 is 0 Å². The summed E-state index contributed by atoms with van der Waals surface area (Å²) < 4.78 is 64.3. The van der Waals surface area contributed by atoms with Crippen molar-refractivity contribution in [2.24, 2.45) is 14.1 Å². The molecule has 0 atom stereocenters. The molecule has 2 amide bonds. The van der Waals surface area contributed by atoms with Crippen LogP contribution in [0.3, 0.4) is 0 Å². The van der Waals surface area contributed by atoms with E-state index in [1.807, 2.05) is 35.9 Å². The molecule has 5 heterocycles. The zero-order valence-corrected chi connectivity index (χ0v) is 53.0. The lowest BCUT2D eigenvalue weighted by atomic mass is 10.0. The number of ether oxygens (including phenoxy) is 5. The first-order valence-electron chi connectivity index (χ1n) is 30.5. The van der Waals surface area contributed by atoms with Crippen LogP contribution in [0.4, 0.5) is 23.1 Å². The Hall–Kier alpha value is -8.71. The molecule has 0 radical (unpaired) electrons. The number of benzene rings is 3. The molecule has 7 aromatic rings. The minimum Gasteiger partial charge on any atom is -0.493 e. The van der Waals surface area contributed by atoms with Crippen molar-refractivity contribution in [3.63, 3.8) is 0 Å². The molecule has 0 unspecified atom stereocenters. The highest BCUT2D eigenvalue weighted by Crippen LogP contribution is 2.39. The standard InChI is InChI=1S/C64H82N12O12S/c1-9-31-86-46-33-47(35-48(34-46)88-55-38-53-52(72(5)64(81)73(53)6)37-51(55)70-89(82,83)49-22-23-54(84-7)56(36-49)85-8)87-32-17-16-26-71(4)41-58(78)65-25-15-11-10-12-20-59(79)75-29-27-74(28-30-75)45-21-24-57(66-39-45)68-63-67-40-50-42(2)60(43(3)77)62(80)76(61(50)69-63)44-18-13-14-19-44/h21-24,33-40,44,70H,9-20,25-32,41H2,1-8H3,(H,65,78)(H,66,67,68,69). The summed E-state index contributed by atoms with van der Waals surface area (Å²) >= 11 is 0. The van der Waals surface area contributed by atoms with Crippen LogP contribution in [0.5, 0.6) is 34.5 Å². The van der Waals surface area contributed by atoms with Gasteiger partial charge in [-0.05, 0) is 108 Å². The Kier molecular flexibility index (Phi) is 21.5. The number of anilines is 4. The van der Waals surface area contributed by atoms with Crippen LogP contribution in [0.1, 0.15) is 113 Å². The molecule has 3 N–H and O–H groups in total. The molecular formula is C64H82N12O12S. The predicted octanol–water partition coefficient (Wildman–Crippen LogP) is 8.65. The number of methoxy groups -OCH3 is 2. The number of rotatable bonds is 30. The van der Waals surface area contributed by atoms with Crippen molar-refractivity contribution in [3.8, 4) is 34.5 Å². The summed E-state index contributed by atoms with van der Waals surface area (Å²) in [5, 5.41) is 6.91. The summed E-state index contributed by atoms with van der Waals surface area (Å²) in [4.78, 5) is 85.1. The van der Waals surface area contributed by atoms with Crippen LogP contribution in [-0.4, -0.2) is 145 Å². The van der Waals surface area contributed by atoms with E-state index in [9.17, 15) is 32.4 Å². The quantitative estimate of drug-likeness (QED) is 0.0281. The summed E-state index contributed by atoms with van der Waals surface area (Å²) in [5.74, 6) is 2.71. The number of fused-ring (bicyclic) bond motifs is 2. The van der Waals surface area contributed by atoms with Crippen molar-refractivity contribution in [2.75, 3.05) is 95.2 Å². The van der Waals surface area contributed by atoms with E-state index < -0.39 is 10.0 Å². The number of Topliss-reactive ketones (excluding diaryl/α,β-unsaturated/α-hetero) is 1. The van der Waals surface area contributed by atoms with Crippen LogP contribution in [-0.2, 0) is 33.7 Å². The monoisotopic (exact) mass is 1240 g/mol. The minimum absolute atomic E-state index is 0.0168. The first-order valence-corrected chi connectivity index (χ1v) is 32.0. The van der Waals surface area contributed by atoms with Gasteiger partial charge in [0, 0.05) is 101 Å². The lowest BCUT2D eigenvalue weighted by Gasteiger charge is -2.36. The van der Waals surface area contributed by atoms with Crippen LogP contribution in [0.25, 0.3) is 22.1 Å². The van der Waals surface area contributed by atoms with Gasteiger partial charge in [0.25, 0.3) is 15.6 Å². The normalized spacial score (nSPS) is 13.7. The largest absolute Gasteiger partial charge is 0.493 e. The highest BCUT2D eigenvalue weighted by atomic mass is 32.2. The van der Waals surface area contributed by atoms with Crippen molar-refractivity contribution < 1.29 is 46.5 Å². The van der Waals surface area contributed by atoms with E-state index in [1.165, 1.54) is 48.5 Å². The Morgan fingerprint density at radius 3 is 2.15 bits per heavy atom. The van der Waals surface area contributed by atoms with Crippen molar-refractivity contribution in [1.82, 2.24) is 43.8 Å². The molecule has 3 aromatic carbocycles. The van der Waals surface area contributed by atoms with Gasteiger partial charge in [-0.3, -0.25) is 42.5 Å². The Morgan fingerprint density at radius 2 is 1.46 bits per heavy atom. The van der Waals surface area contributed by atoms with Gasteiger partial charge in [0.15, 0.2) is 23.0 Å². The molecule has 89 heavy (non-hydrogen) atoms. The summed E-state index contributed by atoms with van der Waals surface area (Å²) in [6.07, 6.45) is 13.3. The van der Waals surface area contributed by atoms with Crippen molar-refractivity contribution in [1.29, 1.82) is 0 Å². The third-order valence-electron chi connectivity index (χ3n) is 16.3. The lowest BCUT2D eigenvalue weighted by Crippen LogP contribution is -2.48. The van der Waals surface area contributed by atoms with Crippen molar-refractivity contribution in [3.05, 3.63) is 105 Å². The van der Waals surface area contributed by atoms with Crippen LogP contribution < -0.4 is 55.2 Å². The second kappa shape index (κ2) is 29.5. The van der Waals surface area contributed by atoms with Crippen LogP contribution in [0, 0.1) is 6.92 Å². The number of hydrogen-bond acceptors (Lipinski definition) is 18. The number of pyridine rings is 2. The topological polar surface area (TPSA) is 265 Å². The third-order valence-corrected chi connectivity index (χ3v) is 17.7. The molecule has 1 aliphatic heterocycles. The SMILES string of the molecule is CCCOc1cc(OCCCCN(C)CC(=O)NCCCCCCC(=O)N2CCN(c3ccc(Nc4ncc5c(C)c(C(C)=O)c(=O)n(C6CCCC6)c5n4)nc3)CC2)cc(Oc2cc3c(cc2NS(=O)(=O)c2ccc(OC)c(OC)c2)n(C)c(=O)n3C)c1. The second-order valence-corrected chi connectivity index (χ2v) is 24.4. The van der Waals surface area contributed by atoms with Gasteiger partial charge in [0.05, 0.1) is 73.0 Å².